The van der Waals surface area contributed by atoms with Gasteiger partial charge in [-0.25, -0.2) is 4.79 Å². The molecule has 2 amide bonds. The van der Waals surface area contributed by atoms with E-state index in [1.54, 1.807) is 13.0 Å². The second kappa shape index (κ2) is 6.64. The summed E-state index contributed by atoms with van der Waals surface area (Å²) in [6.07, 6.45) is 0.537. The Kier molecular flexibility index (Phi) is 4.83. The fourth-order valence-electron chi connectivity index (χ4n) is 2.85. The van der Waals surface area contributed by atoms with E-state index in [2.05, 4.69) is 5.32 Å². The van der Waals surface area contributed by atoms with Crippen molar-refractivity contribution in [3.63, 3.8) is 0 Å². The number of urea groups is 1. The molecule has 1 heterocycles. The summed E-state index contributed by atoms with van der Waals surface area (Å²) < 4.78 is 0. The third kappa shape index (κ3) is 3.77. The van der Waals surface area contributed by atoms with Crippen molar-refractivity contribution in [1.29, 1.82) is 0 Å². The molecule has 0 radical (unpaired) electrons. The van der Waals surface area contributed by atoms with Gasteiger partial charge in [0.05, 0.1) is 22.1 Å². The molecule has 2 N–H and O–H groups in total. The van der Waals surface area contributed by atoms with Crippen molar-refractivity contribution in [3.8, 4) is 0 Å². The maximum Gasteiger partial charge on any atom is 0.321 e. The average molecular weight is 321 g/mol. The SMILES string of the molecule is Cc1c(NC(=O)N2CC(C)CC(C(=O)O)C2)cccc1[N+](=O)[O-]. The van der Waals surface area contributed by atoms with Gasteiger partial charge >= 0.3 is 12.0 Å². The molecule has 8 nitrogen and oxygen atoms in total. The largest absolute Gasteiger partial charge is 0.481 e. The summed E-state index contributed by atoms with van der Waals surface area (Å²) in [5.41, 5.74) is 0.651. The first-order valence-electron chi connectivity index (χ1n) is 7.32. The Morgan fingerprint density at radius 1 is 1.39 bits per heavy atom. The van der Waals surface area contributed by atoms with Gasteiger partial charge in [-0.1, -0.05) is 13.0 Å². The van der Waals surface area contributed by atoms with Gasteiger partial charge in [0.2, 0.25) is 0 Å². The molecule has 1 aromatic carbocycles. The van der Waals surface area contributed by atoms with Gasteiger partial charge in [0.1, 0.15) is 0 Å². The van der Waals surface area contributed by atoms with Crippen LogP contribution in [-0.4, -0.2) is 40.0 Å². The van der Waals surface area contributed by atoms with Crippen molar-refractivity contribution in [2.24, 2.45) is 11.8 Å². The maximum atomic E-state index is 12.4. The van der Waals surface area contributed by atoms with Crippen LogP contribution in [0.5, 0.6) is 0 Å². The molecule has 0 spiro atoms. The van der Waals surface area contributed by atoms with Gasteiger partial charge in [0, 0.05) is 19.2 Å². The highest BCUT2D eigenvalue weighted by atomic mass is 16.6. The van der Waals surface area contributed by atoms with Crippen LogP contribution < -0.4 is 5.32 Å². The summed E-state index contributed by atoms with van der Waals surface area (Å²) >= 11 is 0. The van der Waals surface area contributed by atoms with E-state index in [1.165, 1.54) is 17.0 Å². The number of carboxylic acids is 1. The van der Waals surface area contributed by atoms with Crippen LogP contribution in [0.25, 0.3) is 0 Å². The minimum atomic E-state index is -0.916. The number of nitro groups is 1. The third-order valence-corrected chi connectivity index (χ3v) is 4.04. The summed E-state index contributed by atoms with van der Waals surface area (Å²) in [5.74, 6) is -1.42. The Labute approximate surface area is 133 Å². The van der Waals surface area contributed by atoms with Gasteiger partial charge in [0.15, 0.2) is 0 Å². The van der Waals surface area contributed by atoms with Crippen LogP contribution in [0.4, 0.5) is 16.2 Å². The van der Waals surface area contributed by atoms with E-state index < -0.39 is 22.8 Å². The van der Waals surface area contributed by atoms with Crippen molar-refractivity contribution in [2.45, 2.75) is 20.3 Å². The quantitative estimate of drug-likeness (QED) is 0.656. The lowest BCUT2D eigenvalue weighted by Crippen LogP contribution is -2.47. The molecule has 1 saturated heterocycles. The van der Waals surface area contributed by atoms with Crippen LogP contribution >= 0.6 is 0 Å². The van der Waals surface area contributed by atoms with E-state index in [4.69, 9.17) is 5.11 Å². The van der Waals surface area contributed by atoms with Crippen molar-refractivity contribution in [2.75, 3.05) is 18.4 Å². The molecule has 124 valence electrons. The topological polar surface area (TPSA) is 113 Å². The number of nitrogens with one attached hydrogen (secondary N) is 1. The molecule has 0 aliphatic carbocycles. The highest BCUT2D eigenvalue weighted by Crippen LogP contribution is 2.27. The Hall–Kier alpha value is -2.64. The zero-order chi connectivity index (χ0) is 17.1. The maximum absolute atomic E-state index is 12.4. The molecule has 0 aromatic heterocycles. The molecule has 0 saturated carbocycles. The number of nitrogens with zero attached hydrogens (tertiary/aromatic N) is 2. The lowest BCUT2D eigenvalue weighted by Gasteiger charge is -2.34. The van der Waals surface area contributed by atoms with E-state index >= 15 is 0 Å². The number of piperidine rings is 1. The number of likely N-dealkylation sites (tertiary alicyclic amines) is 1. The Balaban J connectivity index is 2.14. The molecule has 2 atom stereocenters. The number of benzene rings is 1. The number of hydrogen-bond donors (Lipinski definition) is 2. The predicted octanol–water partition coefficient (Wildman–Crippen LogP) is 2.48. The molecule has 23 heavy (non-hydrogen) atoms. The molecule has 1 aliphatic rings. The molecule has 0 bridgehead atoms. The van der Waals surface area contributed by atoms with Gasteiger partial charge in [-0.15, -0.1) is 0 Å². The van der Waals surface area contributed by atoms with Crippen molar-refractivity contribution in [3.05, 3.63) is 33.9 Å². The monoisotopic (exact) mass is 321 g/mol. The first-order chi connectivity index (χ1) is 10.8. The van der Waals surface area contributed by atoms with Crippen LogP contribution in [0, 0.1) is 28.9 Å². The number of hydrogen-bond acceptors (Lipinski definition) is 4. The number of carboxylic acid groups (broad SMARTS) is 1. The fourth-order valence-corrected chi connectivity index (χ4v) is 2.85. The zero-order valence-electron chi connectivity index (χ0n) is 13.0. The van der Waals surface area contributed by atoms with Crippen LogP contribution in [-0.2, 0) is 4.79 Å². The highest BCUT2D eigenvalue weighted by Gasteiger charge is 2.32. The van der Waals surface area contributed by atoms with Gasteiger partial charge in [-0.05, 0) is 25.3 Å². The van der Waals surface area contributed by atoms with E-state index in [-0.39, 0.29) is 18.2 Å². The lowest BCUT2D eigenvalue weighted by molar-refractivity contribution is -0.385. The standard InChI is InChI=1S/C15H19N3O5/c1-9-6-11(14(19)20)8-17(7-9)15(21)16-12-4-3-5-13(10(12)2)18(22)23/h3-5,9,11H,6-8H2,1-2H3,(H,16,21)(H,19,20). The molecule has 1 fully saturated rings. The Morgan fingerprint density at radius 2 is 2.09 bits per heavy atom. The van der Waals surface area contributed by atoms with Crippen LogP contribution in [0.15, 0.2) is 18.2 Å². The smallest absolute Gasteiger partial charge is 0.321 e. The molecule has 1 aromatic rings. The molecule has 8 heteroatoms. The fraction of sp³-hybridized carbons (Fsp3) is 0.467. The normalized spacial score (nSPS) is 20.9. The molecule has 2 unspecified atom stereocenters. The number of amides is 2. The number of rotatable bonds is 3. The summed E-state index contributed by atoms with van der Waals surface area (Å²) in [7, 11) is 0. The summed E-state index contributed by atoms with van der Waals surface area (Å²) in [4.78, 5) is 35.4. The molecule has 1 aliphatic heterocycles. The number of aliphatic carboxylic acids is 1. The second-order valence-corrected chi connectivity index (χ2v) is 5.92. The van der Waals surface area contributed by atoms with Crippen molar-refractivity contribution < 1.29 is 19.6 Å². The number of carbonyl (C=O) groups is 2. The van der Waals surface area contributed by atoms with Crippen LogP contribution in [0.1, 0.15) is 18.9 Å². The summed E-state index contributed by atoms with van der Waals surface area (Å²) in [6, 6.07) is 4.02. The minimum Gasteiger partial charge on any atom is -0.481 e. The molecular weight excluding hydrogens is 302 g/mol. The zero-order valence-corrected chi connectivity index (χ0v) is 13.0. The number of nitro benzene ring substituents is 1. The summed E-state index contributed by atoms with van der Waals surface area (Å²) in [6.45, 7) is 4.06. The van der Waals surface area contributed by atoms with Gasteiger partial charge < -0.3 is 15.3 Å². The lowest BCUT2D eigenvalue weighted by atomic mass is 9.91. The van der Waals surface area contributed by atoms with E-state index in [0.29, 0.717) is 24.2 Å². The highest BCUT2D eigenvalue weighted by molar-refractivity contribution is 5.91. The first-order valence-corrected chi connectivity index (χ1v) is 7.32. The molecular formula is C15H19N3O5. The Bertz CT molecular complexity index is 646. The van der Waals surface area contributed by atoms with Gasteiger partial charge in [0.25, 0.3) is 5.69 Å². The third-order valence-electron chi connectivity index (χ3n) is 4.04. The van der Waals surface area contributed by atoms with Crippen LogP contribution in [0.2, 0.25) is 0 Å². The second-order valence-electron chi connectivity index (χ2n) is 5.92. The number of carbonyl (C=O) groups excluding carboxylic acids is 1. The van der Waals surface area contributed by atoms with Crippen molar-refractivity contribution >= 4 is 23.4 Å². The average Bonchev–Trinajstić information content (AvgIpc) is 2.48. The first kappa shape index (κ1) is 16.7. The Morgan fingerprint density at radius 3 is 2.70 bits per heavy atom. The van der Waals surface area contributed by atoms with Gasteiger partial charge in [-0.2, -0.15) is 0 Å². The van der Waals surface area contributed by atoms with Crippen LogP contribution in [0.3, 0.4) is 0 Å². The summed E-state index contributed by atoms with van der Waals surface area (Å²) in [5, 5.41) is 22.7. The number of anilines is 1. The minimum absolute atomic E-state index is 0.0711. The molecule has 2 rings (SSSR count). The van der Waals surface area contributed by atoms with E-state index in [0.717, 1.165) is 0 Å². The van der Waals surface area contributed by atoms with E-state index in [1.807, 2.05) is 6.92 Å². The van der Waals surface area contributed by atoms with E-state index in [9.17, 15) is 19.7 Å². The predicted molar refractivity (Wildman–Crippen MR) is 83.3 cm³/mol. The van der Waals surface area contributed by atoms with Crippen molar-refractivity contribution in [1.82, 2.24) is 4.90 Å². The van der Waals surface area contributed by atoms with Gasteiger partial charge in [-0.3, -0.25) is 14.9 Å².